The van der Waals surface area contributed by atoms with E-state index in [1.807, 2.05) is 0 Å². The second-order valence-electron chi connectivity index (χ2n) is 3.75. The van der Waals surface area contributed by atoms with Gasteiger partial charge in [-0.15, -0.1) is 8.78 Å². The first-order valence-electron chi connectivity index (χ1n) is 5.05. The zero-order valence-corrected chi connectivity index (χ0v) is 10.4. The highest BCUT2D eigenvalue weighted by Gasteiger charge is 2.43. The van der Waals surface area contributed by atoms with E-state index < -0.39 is 21.6 Å². The Kier molecular flexibility index (Phi) is 2.98. The van der Waals surface area contributed by atoms with Gasteiger partial charge in [-0.3, -0.25) is 4.72 Å². The summed E-state index contributed by atoms with van der Waals surface area (Å²) in [6.07, 6.45) is -3.76. The fourth-order valence-corrected chi connectivity index (χ4v) is 2.11. The molecule has 0 fully saturated rings. The lowest BCUT2D eigenvalue weighted by molar-refractivity contribution is -0.286. The van der Waals surface area contributed by atoms with Crippen LogP contribution in [0.15, 0.2) is 18.2 Å². The first kappa shape index (κ1) is 13.4. The number of halogens is 2. The van der Waals surface area contributed by atoms with Crippen LogP contribution in [0.5, 0.6) is 11.5 Å². The molecule has 19 heavy (non-hydrogen) atoms. The number of fused-ring (bicyclic) bond motifs is 1. The normalized spacial score (nSPS) is 17.6. The number of hydrogen-bond acceptors (Lipinski definition) is 5. The van der Waals surface area contributed by atoms with Gasteiger partial charge >= 0.3 is 6.29 Å². The molecule has 1 unspecified atom stereocenters. The van der Waals surface area contributed by atoms with E-state index in [4.69, 9.17) is 5.26 Å². The van der Waals surface area contributed by atoms with Crippen molar-refractivity contribution in [1.82, 2.24) is 0 Å². The van der Waals surface area contributed by atoms with Crippen LogP contribution < -0.4 is 14.2 Å². The van der Waals surface area contributed by atoms with Gasteiger partial charge < -0.3 is 9.47 Å². The Labute approximate surface area is 107 Å². The molecular weight excluding hydrogens is 282 g/mol. The topological polar surface area (TPSA) is 88.4 Å². The van der Waals surface area contributed by atoms with E-state index >= 15 is 0 Å². The fourth-order valence-electron chi connectivity index (χ4n) is 1.33. The molecule has 0 spiro atoms. The minimum absolute atomic E-state index is 0.00199. The number of ether oxygens (including phenoxy) is 2. The van der Waals surface area contributed by atoms with Crippen molar-refractivity contribution >= 4 is 15.7 Å². The van der Waals surface area contributed by atoms with Crippen molar-refractivity contribution in [3.63, 3.8) is 0 Å². The van der Waals surface area contributed by atoms with Crippen molar-refractivity contribution < 1.29 is 26.7 Å². The standard InChI is InChI=1S/C10H8F2N2O4S/c1-6(5-13)19(15,16)14-7-2-3-8-9(4-7)18-10(11,12)17-8/h2-4,6,14H,1H3. The van der Waals surface area contributed by atoms with E-state index in [9.17, 15) is 17.2 Å². The molecule has 6 nitrogen and oxygen atoms in total. The van der Waals surface area contributed by atoms with E-state index in [1.54, 1.807) is 6.07 Å². The third-order valence-corrected chi connectivity index (χ3v) is 3.87. The third kappa shape index (κ3) is 2.68. The van der Waals surface area contributed by atoms with Crippen LogP contribution in [0.1, 0.15) is 6.92 Å². The molecule has 0 saturated heterocycles. The van der Waals surface area contributed by atoms with Crippen LogP contribution in [0.2, 0.25) is 0 Å². The minimum atomic E-state index is -3.90. The summed E-state index contributed by atoms with van der Waals surface area (Å²) in [5, 5.41) is 7.28. The van der Waals surface area contributed by atoms with Crippen LogP contribution in [-0.2, 0) is 10.0 Å². The Morgan fingerprint density at radius 3 is 2.63 bits per heavy atom. The maximum atomic E-state index is 12.8. The quantitative estimate of drug-likeness (QED) is 0.914. The smallest absolute Gasteiger partial charge is 0.395 e. The van der Waals surface area contributed by atoms with Gasteiger partial charge in [0.1, 0.15) is 0 Å². The first-order valence-corrected chi connectivity index (χ1v) is 6.59. The highest BCUT2D eigenvalue weighted by Crippen LogP contribution is 2.42. The fraction of sp³-hybridized carbons (Fsp3) is 0.300. The number of sulfonamides is 1. The van der Waals surface area contributed by atoms with Gasteiger partial charge in [0.25, 0.3) is 0 Å². The van der Waals surface area contributed by atoms with Crippen molar-refractivity contribution in [1.29, 1.82) is 5.26 Å². The summed E-state index contributed by atoms with van der Waals surface area (Å²) in [5.74, 6) is -0.476. The average Bonchev–Trinajstić information content (AvgIpc) is 2.60. The van der Waals surface area contributed by atoms with Crippen LogP contribution >= 0.6 is 0 Å². The Hall–Kier alpha value is -2.08. The van der Waals surface area contributed by atoms with E-state index in [2.05, 4.69) is 14.2 Å². The first-order chi connectivity index (χ1) is 8.73. The molecule has 1 aliphatic rings. The van der Waals surface area contributed by atoms with Gasteiger partial charge in [0.15, 0.2) is 16.7 Å². The van der Waals surface area contributed by atoms with E-state index in [0.29, 0.717) is 0 Å². The minimum Gasteiger partial charge on any atom is -0.395 e. The van der Waals surface area contributed by atoms with Crippen LogP contribution in [0, 0.1) is 11.3 Å². The molecule has 0 radical (unpaired) electrons. The number of nitrogens with zero attached hydrogens (tertiary/aromatic N) is 1. The molecule has 1 aliphatic heterocycles. The summed E-state index contributed by atoms with van der Waals surface area (Å²) in [6.45, 7) is 1.20. The Morgan fingerprint density at radius 1 is 1.37 bits per heavy atom. The van der Waals surface area contributed by atoms with Crippen LogP contribution in [0.3, 0.4) is 0 Å². The number of hydrogen-bond donors (Lipinski definition) is 1. The lowest BCUT2D eigenvalue weighted by Crippen LogP contribution is -2.26. The molecule has 0 bridgehead atoms. The zero-order valence-electron chi connectivity index (χ0n) is 9.55. The van der Waals surface area contributed by atoms with Crippen molar-refractivity contribution in [3.8, 4) is 17.6 Å². The van der Waals surface area contributed by atoms with Crippen molar-refractivity contribution in [2.45, 2.75) is 18.5 Å². The molecule has 0 aliphatic carbocycles. The van der Waals surface area contributed by atoms with Crippen molar-refractivity contribution in [2.24, 2.45) is 0 Å². The summed E-state index contributed by atoms with van der Waals surface area (Å²) in [6, 6.07) is 4.99. The monoisotopic (exact) mass is 290 g/mol. The number of nitriles is 1. The summed E-state index contributed by atoms with van der Waals surface area (Å²) < 4.78 is 59.2. The van der Waals surface area contributed by atoms with Gasteiger partial charge in [0.2, 0.25) is 10.0 Å². The number of rotatable bonds is 3. The van der Waals surface area contributed by atoms with Crippen LogP contribution in [0.25, 0.3) is 0 Å². The largest absolute Gasteiger partial charge is 0.586 e. The summed E-state index contributed by atoms with van der Waals surface area (Å²) in [4.78, 5) is 0. The Bertz CT molecular complexity index is 654. The number of nitrogens with one attached hydrogen (secondary N) is 1. The molecule has 2 rings (SSSR count). The third-order valence-electron chi connectivity index (χ3n) is 2.31. The van der Waals surface area contributed by atoms with E-state index in [1.165, 1.54) is 13.0 Å². The molecule has 1 N–H and O–H groups in total. The lowest BCUT2D eigenvalue weighted by atomic mass is 10.3. The van der Waals surface area contributed by atoms with E-state index in [0.717, 1.165) is 12.1 Å². The van der Waals surface area contributed by atoms with E-state index in [-0.39, 0.29) is 17.2 Å². The zero-order chi connectivity index (χ0) is 14.3. The second kappa shape index (κ2) is 4.24. The Balaban J connectivity index is 2.25. The molecule has 0 amide bonds. The predicted octanol–water partition coefficient (Wildman–Crippen LogP) is 1.66. The Morgan fingerprint density at radius 2 is 2.00 bits per heavy atom. The van der Waals surface area contributed by atoms with Gasteiger partial charge in [-0.05, 0) is 19.1 Å². The second-order valence-corrected chi connectivity index (χ2v) is 5.75. The molecule has 1 heterocycles. The SMILES string of the molecule is CC(C#N)S(=O)(=O)Nc1ccc2c(c1)OC(F)(F)O2. The number of alkyl halides is 2. The van der Waals surface area contributed by atoms with Gasteiger partial charge in [0.05, 0.1) is 11.8 Å². The highest BCUT2D eigenvalue weighted by molar-refractivity contribution is 7.93. The average molecular weight is 290 g/mol. The molecule has 0 aromatic heterocycles. The summed E-state index contributed by atoms with van der Waals surface area (Å²) >= 11 is 0. The molecule has 1 aromatic rings. The molecule has 102 valence electrons. The van der Waals surface area contributed by atoms with Gasteiger partial charge in [-0.25, -0.2) is 8.42 Å². The predicted molar refractivity (Wildman–Crippen MR) is 60.3 cm³/mol. The van der Waals surface area contributed by atoms with Crippen molar-refractivity contribution in [3.05, 3.63) is 18.2 Å². The molecule has 0 saturated carbocycles. The summed E-state index contributed by atoms with van der Waals surface area (Å²) in [5.41, 5.74) is 0.00199. The number of benzene rings is 1. The molecule has 1 aromatic carbocycles. The lowest BCUT2D eigenvalue weighted by Gasteiger charge is -2.09. The summed E-state index contributed by atoms with van der Waals surface area (Å²) in [7, 11) is -3.90. The maximum absolute atomic E-state index is 12.8. The molecule has 1 atom stereocenters. The number of anilines is 1. The van der Waals surface area contributed by atoms with Crippen LogP contribution in [-0.4, -0.2) is 20.0 Å². The van der Waals surface area contributed by atoms with Crippen molar-refractivity contribution in [2.75, 3.05) is 4.72 Å². The van der Waals surface area contributed by atoms with Crippen LogP contribution in [0.4, 0.5) is 14.5 Å². The van der Waals surface area contributed by atoms with Gasteiger partial charge in [-0.1, -0.05) is 0 Å². The van der Waals surface area contributed by atoms with Gasteiger partial charge in [-0.2, -0.15) is 5.26 Å². The van der Waals surface area contributed by atoms with Gasteiger partial charge in [0, 0.05) is 6.07 Å². The molecular formula is C10H8F2N2O4S. The molecule has 9 heteroatoms. The maximum Gasteiger partial charge on any atom is 0.586 e. The highest BCUT2D eigenvalue weighted by atomic mass is 32.2.